The van der Waals surface area contributed by atoms with E-state index in [1.165, 1.54) is 0 Å². The van der Waals surface area contributed by atoms with E-state index in [2.05, 4.69) is 26.1 Å². The summed E-state index contributed by atoms with van der Waals surface area (Å²) in [5.41, 5.74) is 6.67. The summed E-state index contributed by atoms with van der Waals surface area (Å²) in [6, 6.07) is 5.89. The van der Waals surface area contributed by atoms with Crippen molar-refractivity contribution in [3.8, 4) is 0 Å². The fourth-order valence-electron chi connectivity index (χ4n) is 1.64. The SMILES string of the molecule is Cc1nnc(SCc2ccc(Br)cc2Cl)n1CCN. The number of thioether (sulfide) groups is 1. The Morgan fingerprint density at radius 3 is 2.89 bits per heavy atom. The van der Waals surface area contributed by atoms with Gasteiger partial charge >= 0.3 is 0 Å². The van der Waals surface area contributed by atoms with Crippen LogP contribution in [-0.2, 0) is 12.3 Å². The van der Waals surface area contributed by atoms with Crippen molar-refractivity contribution in [1.82, 2.24) is 14.8 Å². The van der Waals surface area contributed by atoms with Gasteiger partial charge in [-0.15, -0.1) is 10.2 Å². The van der Waals surface area contributed by atoms with Gasteiger partial charge < -0.3 is 10.3 Å². The van der Waals surface area contributed by atoms with Crippen molar-refractivity contribution in [2.75, 3.05) is 6.54 Å². The van der Waals surface area contributed by atoms with E-state index in [4.69, 9.17) is 17.3 Å². The van der Waals surface area contributed by atoms with Crippen molar-refractivity contribution in [1.29, 1.82) is 0 Å². The van der Waals surface area contributed by atoms with Crippen LogP contribution >= 0.6 is 39.3 Å². The van der Waals surface area contributed by atoms with Crippen LogP contribution in [0.4, 0.5) is 0 Å². The number of benzene rings is 1. The van der Waals surface area contributed by atoms with E-state index in [1.54, 1.807) is 11.8 Å². The maximum Gasteiger partial charge on any atom is 0.191 e. The summed E-state index contributed by atoms with van der Waals surface area (Å²) < 4.78 is 3.01. The maximum absolute atomic E-state index is 6.20. The second-order valence-electron chi connectivity index (χ2n) is 3.99. The molecule has 0 unspecified atom stereocenters. The first-order valence-electron chi connectivity index (χ1n) is 5.78. The van der Waals surface area contributed by atoms with Crippen molar-refractivity contribution in [2.45, 2.75) is 24.4 Å². The zero-order valence-corrected chi connectivity index (χ0v) is 13.6. The monoisotopic (exact) mass is 360 g/mol. The molecule has 2 N–H and O–H groups in total. The molecule has 4 nitrogen and oxygen atoms in total. The lowest BCUT2D eigenvalue weighted by Gasteiger charge is -2.07. The Hall–Kier alpha value is -0.560. The van der Waals surface area contributed by atoms with Gasteiger partial charge in [-0.3, -0.25) is 0 Å². The molecule has 1 aromatic carbocycles. The van der Waals surface area contributed by atoms with Crippen molar-refractivity contribution in [2.24, 2.45) is 5.73 Å². The molecule has 0 radical (unpaired) electrons. The Morgan fingerprint density at radius 2 is 2.21 bits per heavy atom. The molecule has 7 heteroatoms. The first-order valence-corrected chi connectivity index (χ1v) is 7.94. The van der Waals surface area contributed by atoms with E-state index in [9.17, 15) is 0 Å². The first-order chi connectivity index (χ1) is 9.11. The molecule has 1 aromatic heterocycles. The van der Waals surface area contributed by atoms with Gasteiger partial charge in [0.05, 0.1) is 0 Å². The fourth-order valence-corrected chi connectivity index (χ4v) is 3.47. The topological polar surface area (TPSA) is 56.7 Å². The van der Waals surface area contributed by atoms with Gasteiger partial charge in [0, 0.05) is 28.3 Å². The number of aryl methyl sites for hydroxylation is 1. The summed E-state index contributed by atoms with van der Waals surface area (Å²) in [5, 5.41) is 9.87. The second-order valence-corrected chi connectivity index (χ2v) is 6.26. The van der Waals surface area contributed by atoms with E-state index in [0.717, 1.165) is 38.3 Å². The molecule has 0 aliphatic rings. The van der Waals surface area contributed by atoms with Crippen molar-refractivity contribution >= 4 is 39.3 Å². The number of nitrogens with two attached hydrogens (primary N) is 1. The second kappa shape index (κ2) is 6.74. The number of hydrogen-bond donors (Lipinski definition) is 1. The van der Waals surface area contributed by atoms with Crippen LogP contribution in [0.1, 0.15) is 11.4 Å². The van der Waals surface area contributed by atoms with Crippen LogP contribution in [0.25, 0.3) is 0 Å². The van der Waals surface area contributed by atoms with Gasteiger partial charge in [-0.25, -0.2) is 0 Å². The average molecular weight is 362 g/mol. The molecule has 19 heavy (non-hydrogen) atoms. The lowest BCUT2D eigenvalue weighted by molar-refractivity contribution is 0.627. The van der Waals surface area contributed by atoms with Gasteiger partial charge in [-0.1, -0.05) is 45.4 Å². The molecule has 0 amide bonds. The van der Waals surface area contributed by atoms with E-state index >= 15 is 0 Å². The number of hydrogen-bond acceptors (Lipinski definition) is 4. The molecule has 102 valence electrons. The lowest BCUT2D eigenvalue weighted by Crippen LogP contribution is -2.12. The Labute approximate surface area is 129 Å². The quantitative estimate of drug-likeness (QED) is 0.831. The van der Waals surface area contributed by atoms with E-state index in [0.29, 0.717) is 6.54 Å². The van der Waals surface area contributed by atoms with Crippen LogP contribution < -0.4 is 5.73 Å². The first kappa shape index (κ1) is 14.8. The third-order valence-corrected chi connectivity index (χ3v) is 4.49. The minimum absolute atomic E-state index is 0.575. The Balaban J connectivity index is 2.10. The number of rotatable bonds is 5. The molecule has 0 bridgehead atoms. The summed E-state index contributed by atoms with van der Waals surface area (Å²) in [6.07, 6.45) is 0. The van der Waals surface area contributed by atoms with Crippen molar-refractivity contribution in [3.05, 3.63) is 39.1 Å². The molecule has 0 saturated carbocycles. The van der Waals surface area contributed by atoms with Gasteiger partial charge in [-0.2, -0.15) is 0 Å². The normalized spacial score (nSPS) is 10.9. The number of halogens is 2. The highest BCUT2D eigenvalue weighted by Gasteiger charge is 2.10. The molecular weight excluding hydrogens is 348 g/mol. The number of aromatic nitrogens is 3. The van der Waals surface area contributed by atoms with Gasteiger partial charge in [0.15, 0.2) is 5.16 Å². The summed E-state index contributed by atoms with van der Waals surface area (Å²) in [6.45, 7) is 3.24. The zero-order chi connectivity index (χ0) is 13.8. The Bertz CT molecular complexity index is 573. The highest BCUT2D eigenvalue weighted by Crippen LogP contribution is 2.28. The van der Waals surface area contributed by atoms with Gasteiger partial charge in [0.2, 0.25) is 0 Å². The summed E-state index contributed by atoms with van der Waals surface area (Å²) in [5.74, 6) is 1.64. The predicted molar refractivity (Wildman–Crippen MR) is 82.5 cm³/mol. The van der Waals surface area contributed by atoms with E-state index in [1.807, 2.05) is 29.7 Å². The standard InChI is InChI=1S/C12H14BrClN4S/c1-8-16-17-12(18(8)5-4-15)19-7-9-2-3-10(13)6-11(9)14/h2-3,6H,4-5,7,15H2,1H3. The Morgan fingerprint density at radius 1 is 1.42 bits per heavy atom. The summed E-state index contributed by atoms with van der Waals surface area (Å²) >= 11 is 11.2. The number of nitrogens with zero attached hydrogens (tertiary/aromatic N) is 3. The Kier molecular flexibility index (Phi) is 5.27. The van der Waals surface area contributed by atoms with Crippen molar-refractivity contribution < 1.29 is 0 Å². The minimum atomic E-state index is 0.575. The smallest absolute Gasteiger partial charge is 0.191 e. The van der Waals surface area contributed by atoms with Crippen LogP contribution in [0.5, 0.6) is 0 Å². The van der Waals surface area contributed by atoms with Gasteiger partial charge in [0.1, 0.15) is 5.82 Å². The molecule has 0 atom stereocenters. The molecule has 0 aliphatic heterocycles. The molecule has 1 heterocycles. The van der Waals surface area contributed by atoms with Gasteiger partial charge in [-0.05, 0) is 24.6 Å². The van der Waals surface area contributed by atoms with E-state index < -0.39 is 0 Å². The van der Waals surface area contributed by atoms with Crippen LogP contribution in [0.15, 0.2) is 27.8 Å². The molecular formula is C12H14BrClN4S. The van der Waals surface area contributed by atoms with Crippen LogP contribution in [0.3, 0.4) is 0 Å². The molecule has 2 rings (SSSR count). The van der Waals surface area contributed by atoms with Crippen LogP contribution in [-0.4, -0.2) is 21.3 Å². The fraction of sp³-hybridized carbons (Fsp3) is 0.333. The minimum Gasteiger partial charge on any atom is -0.329 e. The average Bonchev–Trinajstić information content (AvgIpc) is 2.71. The highest BCUT2D eigenvalue weighted by molar-refractivity contribution is 9.10. The predicted octanol–water partition coefficient (Wildman–Crippen LogP) is 3.25. The van der Waals surface area contributed by atoms with Crippen LogP contribution in [0, 0.1) is 6.92 Å². The third kappa shape index (κ3) is 3.72. The van der Waals surface area contributed by atoms with Crippen LogP contribution in [0.2, 0.25) is 5.02 Å². The molecule has 2 aromatic rings. The lowest BCUT2D eigenvalue weighted by atomic mass is 10.2. The van der Waals surface area contributed by atoms with E-state index in [-0.39, 0.29) is 0 Å². The maximum atomic E-state index is 6.20. The summed E-state index contributed by atoms with van der Waals surface area (Å²) in [7, 11) is 0. The summed E-state index contributed by atoms with van der Waals surface area (Å²) in [4.78, 5) is 0. The molecule has 0 spiro atoms. The third-order valence-electron chi connectivity index (χ3n) is 2.63. The zero-order valence-electron chi connectivity index (χ0n) is 10.4. The van der Waals surface area contributed by atoms with Crippen molar-refractivity contribution in [3.63, 3.8) is 0 Å². The molecule has 0 saturated heterocycles. The van der Waals surface area contributed by atoms with Gasteiger partial charge in [0.25, 0.3) is 0 Å². The molecule has 0 aliphatic carbocycles. The highest BCUT2D eigenvalue weighted by atomic mass is 79.9. The molecule has 0 fully saturated rings. The largest absolute Gasteiger partial charge is 0.329 e.